The summed E-state index contributed by atoms with van der Waals surface area (Å²) in [4.78, 5) is 42.7. The van der Waals surface area contributed by atoms with E-state index >= 15 is 0 Å². The zero-order chi connectivity index (χ0) is 24.9. The monoisotopic (exact) mass is 493 g/mol. The number of fused-ring (bicyclic) bond motifs is 1. The molecular formula is C27H31N3O4S. The lowest BCUT2D eigenvalue weighted by Gasteiger charge is -2.36. The van der Waals surface area contributed by atoms with E-state index in [1.54, 1.807) is 23.6 Å². The Balaban J connectivity index is 1.49. The summed E-state index contributed by atoms with van der Waals surface area (Å²) in [5.74, 6) is -1.77. The Bertz CT molecular complexity index is 1170. The minimum absolute atomic E-state index is 0.0183. The first-order valence-corrected chi connectivity index (χ1v) is 13.0. The van der Waals surface area contributed by atoms with E-state index in [4.69, 9.17) is 0 Å². The molecule has 1 spiro atoms. The average Bonchev–Trinajstić information content (AvgIpc) is 3.49. The largest absolute Gasteiger partial charge is 0.394 e. The van der Waals surface area contributed by atoms with Crippen LogP contribution in [-0.4, -0.2) is 56.4 Å². The molecule has 3 aliphatic heterocycles. The van der Waals surface area contributed by atoms with Gasteiger partial charge in [-0.05, 0) is 62.9 Å². The number of para-hydroxylation sites is 1. The van der Waals surface area contributed by atoms with Crippen molar-refractivity contribution in [2.24, 2.45) is 11.8 Å². The molecule has 2 bridgehead atoms. The number of hydrogen-bond donors (Lipinski definition) is 3. The summed E-state index contributed by atoms with van der Waals surface area (Å²) in [6.07, 6.45) is 1.46. The first-order valence-electron chi connectivity index (χ1n) is 12.1. The SMILES string of the molecule is Cc1ccc(C)c(NC(=O)C2N([C@H](C)CO)C(=O)[C@@H]3[C@@H](C(=O)Nc4ccccc4)[C@H]4CCC23S4)c1. The van der Waals surface area contributed by atoms with Crippen LogP contribution in [0.15, 0.2) is 48.5 Å². The van der Waals surface area contributed by atoms with E-state index in [-0.39, 0.29) is 29.6 Å². The van der Waals surface area contributed by atoms with Crippen molar-refractivity contribution >= 4 is 40.9 Å². The number of likely N-dealkylation sites (tertiary alicyclic amines) is 1. The van der Waals surface area contributed by atoms with Gasteiger partial charge in [0.15, 0.2) is 0 Å². The van der Waals surface area contributed by atoms with Gasteiger partial charge in [0, 0.05) is 16.6 Å². The first kappa shape index (κ1) is 23.9. The van der Waals surface area contributed by atoms with Crippen molar-refractivity contribution in [3.8, 4) is 0 Å². The van der Waals surface area contributed by atoms with E-state index in [0.717, 1.165) is 23.2 Å². The van der Waals surface area contributed by atoms with Crippen molar-refractivity contribution in [2.75, 3.05) is 17.2 Å². The van der Waals surface area contributed by atoms with Crippen LogP contribution in [0.5, 0.6) is 0 Å². The standard InChI is InChI=1S/C27H31N3O4S/c1-15-9-10-16(2)19(13-15)29-25(33)23-27-12-11-20(35-27)21(22(27)26(34)30(23)17(3)14-31)24(32)28-18-7-5-4-6-8-18/h4-10,13,17,20-23,31H,11-12,14H2,1-3H3,(H,28,32)(H,29,33)/t17-,20-,21+,22+,23?,27?/m1/s1. The van der Waals surface area contributed by atoms with Gasteiger partial charge < -0.3 is 20.6 Å². The maximum atomic E-state index is 13.9. The number of anilines is 2. The molecule has 8 heteroatoms. The number of amides is 3. The van der Waals surface area contributed by atoms with Crippen LogP contribution in [0.25, 0.3) is 0 Å². The molecule has 3 amide bonds. The topological polar surface area (TPSA) is 98.7 Å². The number of carbonyl (C=O) groups is 3. The highest BCUT2D eigenvalue weighted by atomic mass is 32.2. The first-order chi connectivity index (χ1) is 16.8. The zero-order valence-corrected chi connectivity index (χ0v) is 21.0. The predicted molar refractivity (Wildman–Crippen MR) is 137 cm³/mol. The maximum Gasteiger partial charge on any atom is 0.248 e. The molecule has 2 aromatic rings. The van der Waals surface area contributed by atoms with Crippen molar-refractivity contribution in [3.63, 3.8) is 0 Å². The molecule has 0 aliphatic carbocycles. The molecule has 3 saturated heterocycles. The third kappa shape index (κ3) is 3.83. The van der Waals surface area contributed by atoms with Crippen LogP contribution in [0, 0.1) is 25.7 Å². The van der Waals surface area contributed by atoms with E-state index in [9.17, 15) is 19.5 Å². The summed E-state index contributed by atoms with van der Waals surface area (Å²) in [5, 5.41) is 16.0. The molecule has 3 aliphatic rings. The number of rotatable bonds is 6. The summed E-state index contributed by atoms with van der Waals surface area (Å²) in [6.45, 7) is 5.40. The number of carbonyl (C=O) groups excluding carboxylic acids is 3. The Morgan fingerprint density at radius 3 is 2.60 bits per heavy atom. The van der Waals surface area contributed by atoms with Crippen molar-refractivity contribution in [3.05, 3.63) is 59.7 Å². The van der Waals surface area contributed by atoms with Crippen LogP contribution in [0.2, 0.25) is 0 Å². The molecule has 2 aromatic carbocycles. The van der Waals surface area contributed by atoms with Crippen LogP contribution in [0.4, 0.5) is 11.4 Å². The highest BCUT2D eigenvalue weighted by Crippen LogP contribution is 2.66. The average molecular weight is 494 g/mol. The van der Waals surface area contributed by atoms with Gasteiger partial charge in [-0.1, -0.05) is 30.3 Å². The molecule has 7 nitrogen and oxygen atoms in total. The van der Waals surface area contributed by atoms with Crippen molar-refractivity contribution < 1.29 is 19.5 Å². The molecule has 5 rings (SSSR count). The maximum absolute atomic E-state index is 13.9. The summed E-state index contributed by atoms with van der Waals surface area (Å²) >= 11 is 1.62. The van der Waals surface area contributed by atoms with Crippen LogP contribution >= 0.6 is 11.8 Å². The number of benzene rings is 2. The molecule has 35 heavy (non-hydrogen) atoms. The Kier molecular flexibility index (Phi) is 6.13. The Hall–Kier alpha value is -2.84. The number of aliphatic hydroxyl groups is 1. The fourth-order valence-electron chi connectivity index (χ4n) is 6.07. The number of nitrogens with one attached hydrogen (secondary N) is 2. The van der Waals surface area contributed by atoms with Crippen LogP contribution < -0.4 is 10.6 Å². The lowest BCUT2D eigenvalue weighted by atomic mass is 9.70. The Morgan fingerprint density at radius 1 is 1.14 bits per heavy atom. The predicted octanol–water partition coefficient (Wildman–Crippen LogP) is 3.35. The van der Waals surface area contributed by atoms with E-state index in [1.165, 1.54) is 0 Å². The van der Waals surface area contributed by atoms with Gasteiger partial charge in [0.05, 0.1) is 29.2 Å². The summed E-state index contributed by atoms with van der Waals surface area (Å²) in [5.41, 5.74) is 3.37. The van der Waals surface area contributed by atoms with E-state index < -0.39 is 28.7 Å². The number of aliphatic hydroxyl groups excluding tert-OH is 1. The number of thioether (sulfide) groups is 1. The number of hydrogen-bond acceptors (Lipinski definition) is 5. The second kappa shape index (κ2) is 8.99. The summed E-state index contributed by atoms with van der Waals surface area (Å²) < 4.78 is -0.689. The summed E-state index contributed by atoms with van der Waals surface area (Å²) in [7, 11) is 0. The van der Waals surface area contributed by atoms with Crippen LogP contribution in [0.3, 0.4) is 0 Å². The van der Waals surface area contributed by atoms with Crippen LogP contribution in [0.1, 0.15) is 30.9 Å². The molecule has 2 unspecified atom stereocenters. The second-order valence-electron chi connectivity index (χ2n) is 10.00. The van der Waals surface area contributed by atoms with Gasteiger partial charge in [0.1, 0.15) is 6.04 Å². The van der Waals surface area contributed by atoms with E-state index in [2.05, 4.69) is 10.6 Å². The molecule has 3 N–H and O–H groups in total. The van der Waals surface area contributed by atoms with Gasteiger partial charge in [-0.15, -0.1) is 11.8 Å². The normalized spacial score (nSPS) is 29.7. The van der Waals surface area contributed by atoms with Crippen molar-refractivity contribution in [1.29, 1.82) is 0 Å². The lowest BCUT2D eigenvalue weighted by molar-refractivity contribution is -0.140. The Labute approximate surface area is 209 Å². The molecule has 3 fully saturated rings. The molecule has 6 atom stereocenters. The molecule has 184 valence electrons. The van der Waals surface area contributed by atoms with Gasteiger partial charge in [0.2, 0.25) is 17.7 Å². The lowest BCUT2D eigenvalue weighted by Crippen LogP contribution is -2.54. The zero-order valence-electron chi connectivity index (χ0n) is 20.2. The Morgan fingerprint density at radius 2 is 1.89 bits per heavy atom. The highest BCUT2D eigenvalue weighted by Gasteiger charge is 2.74. The van der Waals surface area contributed by atoms with Crippen molar-refractivity contribution in [2.45, 2.75) is 55.7 Å². The van der Waals surface area contributed by atoms with Gasteiger partial charge in [-0.25, -0.2) is 0 Å². The van der Waals surface area contributed by atoms with Crippen LogP contribution in [-0.2, 0) is 14.4 Å². The number of aryl methyl sites for hydroxylation is 2. The van der Waals surface area contributed by atoms with E-state index in [1.807, 2.05) is 62.4 Å². The smallest absolute Gasteiger partial charge is 0.248 e. The molecule has 3 heterocycles. The fraction of sp³-hybridized carbons (Fsp3) is 0.444. The number of nitrogens with zero attached hydrogens (tertiary/aromatic N) is 1. The molecular weight excluding hydrogens is 462 g/mol. The summed E-state index contributed by atoms with van der Waals surface area (Å²) in [6, 6.07) is 13.8. The molecule has 0 radical (unpaired) electrons. The molecule has 0 aromatic heterocycles. The van der Waals surface area contributed by atoms with Gasteiger partial charge in [-0.2, -0.15) is 0 Å². The fourth-order valence-corrected chi connectivity index (χ4v) is 8.28. The third-order valence-corrected chi connectivity index (χ3v) is 9.67. The van der Waals surface area contributed by atoms with Gasteiger partial charge >= 0.3 is 0 Å². The minimum atomic E-state index is -0.758. The third-order valence-electron chi connectivity index (χ3n) is 7.72. The van der Waals surface area contributed by atoms with Gasteiger partial charge in [0.25, 0.3) is 0 Å². The van der Waals surface area contributed by atoms with Gasteiger partial charge in [-0.3, -0.25) is 14.4 Å². The molecule has 0 saturated carbocycles. The van der Waals surface area contributed by atoms with E-state index in [0.29, 0.717) is 12.1 Å². The highest BCUT2D eigenvalue weighted by molar-refractivity contribution is 8.02. The minimum Gasteiger partial charge on any atom is -0.394 e. The second-order valence-corrected chi connectivity index (χ2v) is 11.6. The van der Waals surface area contributed by atoms with Crippen molar-refractivity contribution in [1.82, 2.24) is 4.90 Å². The quantitative estimate of drug-likeness (QED) is 0.573.